The van der Waals surface area contributed by atoms with E-state index in [1.54, 1.807) is 18.2 Å². The Morgan fingerprint density at radius 2 is 1.33 bits per heavy atom. The lowest BCUT2D eigenvalue weighted by atomic mass is 9.80. The number of alkyl halides is 1. The van der Waals surface area contributed by atoms with E-state index in [4.69, 9.17) is 21.6 Å². The number of rotatable bonds is 16. The molecule has 0 radical (unpaired) electrons. The predicted octanol–water partition coefficient (Wildman–Crippen LogP) is 8.89. The maximum absolute atomic E-state index is 12.2. The molecule has 3 N–H and O–H groups in total. The summed E-state index contributed by atoms with van der Waals surface area (Å²) in [7, 11) is -4.61. The number of unbranched alkanes of at least 4 members (excludes halogenated alkanes) is 1. The molecule has 16 heteroatoms. The number of hydrogen-bond donors (Lipinski definition) is 3. The fourth-order valence-electron chi connectivity index (χ4n) is 6.45. The summed E-state index contributed by atoms with van der Waals surface area (Å²) in [6, 6.07) is 43.2. The van der Waals surface area contributed by atoms with Gasteiger partial charge in [-0.3, -0.25) is 4.31 Å². The minimum absolute atomic E-state index is 0. The van der Waals surface area contributed by atoms with Crippen LogP contribution in [-0.4, -0.2) is 83.8 Å². The minimum atomic E-state index is -3.20. The first-order valence-electron chi connectivity index (χ1n) is 20.4. The monoisotopic (exact) mass is 1010 g/mol. The van der Waals surface area contributed by atoms with Crippen molar-refractivity contribution in [3.63, 3.8) is 0 Å². The minimum Gasteiger partial charge on any atom is -0.423 e. The van der Waals surface area contributed by atoms with Gasteiger partial charge in [0.25, 0.3) is 0 Å². The fourth-order valence-corrected chi connectivity index (χ4v) is 8.49. The summed E-state index contributed by atoms with van der Waals surface area (Å²) >= 11 is 7.72. The average molecular weight is 1010 g/mol. The van der Waals surface area contributed by atoms with Gasteiger partial charge in [0.2, 0.25) is 10.0 Å². The maximum atomic E-state index is 12.2. The van der Waals surface area contributed by atoms with Gasteiger partial charge >= 0.3 is 7.12 Å². The number of nitrogens with zero attached hydrogens (tertiary/aromatic N) is 7. The van der Waals surface area contributed by atoms with Crippen molar-refractivity contribution >= 4 is 79.8 Å². The van der Waals surface area contributed by atoms with Crippen molar-refractivity contribution in [2.45, 2.75) is 61.1 Å². The van der Waals surface area contributed by atoms with Crippen LogP contribution in [0.25, 0.3) is 11.3 Å². The highest BCUT2D eigenvalue weighted by Gasteiger charge is 2.28. The summed E-state index contributed by atoms with van der Waals surface area (Å²) in [6.07, 6.45) is 2.65. The van der Waals surface area contributed by atoms with Gasteiger partial charge < -0.3 is 25.2 Å². The SMILES string of the molecule is C.C.CCN(Cc1ccccc1)c1ccc(-c2cccc(N3CCCS3(=O)=O)c2)nn1.CCN(Cc1ccccc1)c1ccc(I)nn1.OB(O)c1cccc(NCCCCCl)c1. The quantitative estimate of drug-likeness (QED) is 0.0370. The Bertz CT molecular complexity index is 2300. The Morgan fingerprint density at radius 3 is 1.84 bits per heavy atom. The summed E-state index contributed by atoms with van der Waals surface area (Å²) < 4.78 is 26.8. The molecular formula is C47H61BClIN8O4S. The summed E-state index contributed by atoms with van der Waals surface area (Å²) in [5.41, 5.74) is 6.17. The van der Waals surface area contributed by atoms with Gasteiger partial charge in [0.1, 0.15) is 3.70 Å². The molecule has 3 heterocycles. The van der Waals surface area contributed by atoms with Gasteiger partial charge in [-0.1, -0.05) is 99.8 Å². The zero-order valence-electron chi connectivity index (χ0n) is 34.6. The van der Waals surface area contributed by atoms with Crippen LogP contribution in [0.5, 0.6) is 0 Å². The van der Waals surface area contributed by atoms with Crippen LogP contribution in [-0.2, 0) is 23.1 Å². The average Bonchev–Trinajstić information content (AvgIpc) is 3.66. The Labute approximate surface area is 394 Å². The van der Waals surface area contributed by atoms with Crippen LogP contribution in [0.3, 0.4) is 0 Å². The third kappa shape index (κ3) is 16.7. The van der Waals surface area contributed by atoms with Crippen molar-refractivity contribution in [1.82, 2.24) is 20.4 Å². The Kier molecular flexibility index (Phi) is 22.8. The highest BCUT2D eigenvalue weighted by Crippen LogP contribution is 2.28. The molecule has 0 amide bonds. The zero-order valence-corrected chi connectivity index (χ0v) is 38.3. The molecule has 0 aliphatic carbocycles. The summed E-state index contributed by atoms with van der Waals surface area (Å²) in [4.78, 5) is 4.37. The van der Waals surface area contributed by atoms with Crippen molar-refractivity contribution in [1.29, 1.82) is 0 Å². The molecule has 1 aliphatic rings. The standard InChI is InChI=1S/C22H24N4O2S.C13H14IN3.C10H15BClNO2.2CH4/c1-2-25(17-18-8-4-3-5-9-18)22-13-12-21(23-24-22)19-10-6-11-20(16-19)26-14-7-15-29(26,27)28;1-2-17(10-11-6-4-3-5-7-11)13-9-8-12(14)15-16-13;12-6-1-2-7-13-10-5-3-4-9(8-10)11(14)15;;/h3-6,8-13,16H,2,7,14-15,17H2,1H3;3-9H,2,10H2,1H3;3-5,8,13-15H,1-2,6-7H2;2*1H4. The molecule has 12 nitrogen and oxygen atoms in total. The highest BCUT2D eigenvalue weighted by molar-refractivity contribution is 14.1. The van der Waals surface area contributed by atoms with E-state index >= 15 is 0 Å². The smallest absolute Gasteiger partial charge is 0.423 e. The molecule has 4 aromatic carbocycles. The topological polar surface area (TPSA) is 148 Å². The first-order chi connectivity index (χ1) is 29.6. The van der Waals surface area contributed by atoms with Crippen LogP contribution in [0.15, 0.2) is 133 Å². The van der Waals surface area contributed by atoms with Gasteiger partial charge in [-0.05, 0) is 121 Å². The first kappa shape index (κ1) is 52.5. The molecule has 6 aromatic rings. The molecular weight excluding hydrogens is 946 g/mol. The Morgan fingerprint density at radius 1 is 0.730 bits per heavy atom. The number of sulfonamides is 1. The number of aromatic nitrogens is 4. The lowest BCUT2D eigenvalue weighted by Crippen LogP contribution is -2.29. The Balaban J connectivity index is 0.000000267. The molecule has 0 unspecified atom stereocenters. The van der Waals surface area contributed by atoms with Gasteiger partial charge in [-0.25, -0.2) is 8.42 Å². The zero-order chi connectivity index (χ0) is 43.5. The predicted molar refractivity (Wildman–Crippen MR) is 272 cm³/mol. The van der Waals surface area contributed by atoms with Crippen LogP contribution >= 0.6 is 34.2 Å². The van der Waals surface area contributed by atoms with Gasteiger partial charge in [0, 0.05) is 56.4 Å². The summed E-state index contributed by atoms with van der Waals surface area (Å²) in [5.74, 6) is 2.63. The highest BCUT2D eigenvalue weighted by atomic mass is 127. The van der Waals surface area contributed by atoms with Crippen LogP contribution in [0.1, 0.15) is 59.1 Å². The van der Waals surface area contributed by atoms with Crippen LogP contribution in [0.4, 0.5) is 23.0 Å². The van der Waals surface area contributed by atoms with E-state index in [1.807, 2.05) is 78.9 Å². The number of nitrogens with one attached hydrogen (secondary N) is 1. The summed E-state index contributed by atoms with van der Waals surface area (Å²) in [5, 5.41) is 38.3. The molecule has 1 aliphatic heterocycles. The number of halogens is 2. The lowest BCUT2D eigenvalue weighted by molar-refractivity contribution is 0.426. The molecule has 0 bridgehead atoms. The van der Waals surface area contributed by atoms with Gasteiger partial charge in [-0.15, -0.1) is 32.0 Å². The van der Waals surface area contributed by atoms with E-state index in [-0.39, 0.29) is 20.6 Å². The second-order valence-electron chi connectivity index (χ2n) is 14.1. The second kappa shape index (κ2) is 27.4. The number of anilines is 4. The molecule has 0 atom stereocenters. The van der Waals surface area contributed by atoms with E-state index in [1.165, 1.54) is 15.4 Å². The van der Waals surface area contributed by atoms with Crippen molar-refractivity contribution < 1.29 is 18.5 Å². The molecule has 7 rings (SSSR count). The molecule has 1 saturated heterocycles. The molecule has 63 heavy (non-hydrogen) atoms. The van der Waals surface area contributed by atoms with Gasteiger partial charge in [0.05, 0.1) is 17.1 Å². The maximum Gasteiger partial charge on any atom is 0.488 e. The normalized spacial score (nSPS) is 12.3. The molecule has 2 aromatic heterocycles. The van der Waals surface area contributed by atoms with Crippen LogP contribution < -0.4 is 24.9 Å². The van der Waals surface area contributed by atoms with Crippen LogP contribution in [0.2, 0.25) is 0 Å². The largest absolute Gasteiger partial charge is 0.488 e. The van der Waals surface area contributed by atoms with E-state index < -0.39 is 17.1 Å². The molecule has 336 valence electrons. The summed E-state index contributed by atoms with van der Waals surface area (Å²) in [6.45, 7) is 8.98. The van der Waals surface area contributed by atoms with Crippen molar-refractivity contribution in [3.8, 4) is 11.3 Å². The van der Waals surface area contributed by atoms with Crippen molar-refractivity contribution in [2.24, 2.45) is 0 Å². The van der Waals surface area contributed by atoms with Gasteiger partial charge in [0.15, 0.2) is 11.6 Å². The second-order valence-corrected chi connectivity index (χ2v) is 17.6. The van der Waals surface area contributed by atoms with E-state index in [2.05, 4.69) is 108 Å². The number of benzene rings is 4. The Hall–Kier alpha value is -4.81. The van der Waals surface area contributed by atoms with Crippen molar-refractivity contribution in [3.05, 3.63) is 148 Å². The third-order valence-corrected chi connectivity index (χ3v) is 12.4. The van der Waals surface area contributed by atoms with E-state index in [0.29, 0.717) is 30.0 Å². The number of hydrogen-bond acceptors (Lipinski definition) is 11. The van der Waals surface area contributed by atoms with Crippen LogP contribution in [0, 0.1) is 3.70 Å². The van der Waals surface area contributed by atoms with Crippen molar-refractivity contribution in [2.75, 3.05) is 57.2 Å². The third-order valence-electron chi connectivity index (χ3n) is 9.72. The first-order valence-corrected chi connectivity index (χ1v) is 23.6. The molecule has 1 fully saturated rings. The lowest BCUT2D eigenvalue weighted by Gasteiger charge is -2.21. The molecule has 0 saturated carbocycles. The van der Waals surface area contributed by atoms with E-state index in [0.717, 1.165) is 77.8 Å². The molecule has 0 spiro atoms. The van der Waals surface area contributed by atoms with Gasteiger partial charge in [-0.2, -0.15) is 0 Å². The fraction of sp³-hybridized carbons (Fsp3) is 0.319. The van der Waals surface area contributed by atoms with E-state index in [9.17, 15) is 8.42 Å².